The molecule has 2 rings (SSSR count). The van der Waals surface area contributed by atoms with E-state index >= 15 is 0 Å². The summed E-state index contributed by atoms with van der Waals surface area (Å²) in [5.41, 5.74) is -0.311. The zero-order valence-electron chi connectivity index (χ0n) is 10.0. The molecule has 0 aliphatic rings. The average molecular weight is 263 g/mol. The molecular formula is C12H13N3O2S. The van der Waals surface area contributed by atoms with Gasteiger partial charge in [-0.05, 0) is 26.0 Å². The molecule has 2 aromatic rings. The lowest BCUT2D eigenvalue weighted by molar-refractivity contribution is 0.0697. The Hall–Kier alpha value is -1.95. The number of nitrogens with zero attached hydrogens (tertiary/aromatic N) is 2. The van der Waals surface area contributed by atoms with Gasteiger partial charge in [-0.1, -0.05) is 0 Å². The molecule has 18 heavy (non-hydrogen) atoms. The Bertz CT molecular complexity index is 552. The number of aromatic nitrogens is 2. The minimum Gasteiger partial charge on any atom is -0.478 e. The van der Waals surface area contributed by atoms with Crippen LogP contribution in [0.3, 0.4) is 0 Å². The molecule has 2 heterocycles. The smallest absolute Gasteiger partial charge is 0.339 e. The van der Waals surface area contributed by atoms with Crippen molar-refractivity contribution in [1.82, 2.24) is 9.97 Å². The first kappa shape index (κ1) is 12.5. The Morgan fingerprint density at radius 1 is 1.39 bits per heavy atom. The zero-order chi connectivity index (χ0) is 13.2. The molecular weight excluding hydrogens is 250 g/mol. The topological polar surface area (TPSA) is 75.1 Å². The van der Waals surface area contributed by atoms with Gasteiger partial charge in [0, 0.05) is 17.8 Å². The summed E-state index contributed by atoms with van der Waals surface area (Å²) >= 11 is 1.51. The summed E-state index contributed by atoms with van der Waals surface area (Å²) in [6.45, 7) is 3.87. The molecule has 0 saturated heterocycles. The van der Waals surface area contributed by atoms with E-state index in [4.69, 9.17) is 5.11 Å². The van der Waals surface area contributed by atoms with Gasteiger partial charge in [-0.2, -0.15) is 0 Å². The minimum absolute atomic E-state index is 0.155. The predicted octanol–water partition coefficient (Wildman–Crippen LogP) is 2.58. The van der Waals surface area contributed by atoms with Gasteiger partial charge in [0.1, 0.15) is 16.4 Å². The van der Waals surface area contributed by atoms with Crippen molar-refractivity contribution in [2.24, 2.45) is 0 Å². The second-order valence-corrected chi connectivity index (χ2v) is 5.19. The quantitative estimate of drug-likeness (QED) is 0.886. The Kier molecular flexibility index (Phi) is 3.29. The summed E-state index contributed by atoms with van der Waals surface area (Å²) in [7, 11) is 0. The van der Waals surface area contributed by atoms with Gasteiger partial charge in [-0.3, -0.25) is 0 Å². The van der Waals surface area contributed by atoms with E-state index in [0.717, 1.165) is 5.01 Å². The third kappa shape index (κ3) is 2.48. The summed E-state index contributed by atoms with van der Waals surface area (Å²) in [5.74, 6) is -0.647. The molecule has 2 N–H and O–H groups in total. The summed E-state index contributed by atoms with van der Waals surface area (Å²) in [5, 5.41) is 15.0. The van der Waals surface area contributed by atoms with E-state index in [0.29, 0.717) is 5.82 Å². The second kappa shape index (κ2) is 4.73. The maximum absolute atomic E-state index is 11.1. The number of rotatable bonds is 4. The van der Waals surface area contributed by atoms with E-state index in [1.165, 1.54) is 17.4 Å². The average Bonchev–Trinajstić information content (AvgIpc) is 2.83. The molecule has 0 aromatic carbocycles. The van der Waals surface area contributed by atoms with Crippen molar-refractivity contribution in [3.05, 3.63) is 40.5 Å². The first-order valence-electron chi connectivity index (χ1n) is 5.37. The van der Waals surface area contributed by atoms with Crippen LogP contribution in [0.2, 0.25) is 0 Å². The fourth-order valence-corrected chi connectivity index (χ4v) is 2.28. The molecule has 0 aliphatic carbocycles. The Balaban J connectivity index is 2.32. The van der Waals surface area contributed by atoms with Crippen LogP contribution in [-0.2, 0) is 5.54 Å². The monoisotopic (exact) mass is 263 g/mol. The summed E-state index contributed by atoms with van der Waals surface area (Å²) in [6, 6.07) is 3.13. The second-order valence-electron chi connectivity index (χ2n) is 4.29. The molecule has 0 amide bonds. The molecule has 94 valence electrons. The standard InChI is InChI=1S/C12H13N3O2S/c1-12(2,11-14-6-7-18-11)15-9-8(10(16)17)4-3-5-13-9/h3-7H,1-2H3,(H,13,15)(H,16,17). The summed E-state index contributed by atoms with van der Waals surface area (Å²) < 4.78 is 0. The molecule has 0 atom stereocenters. The van der Waals surface area contributed by atoms with Crippen molar-refractivity contribution in [3.8, 4) is 0 Å². The maximum Gasteiger partial charge on any atom is 0.339 e. The Morgan fingerprint density at radius 3 is 2.78 bits per heavy atom. The lowest BCUT2D eigenvalue weighted by Gasteiger charge is -2.25. The van der Waals surface area contributed by atoms with Crippen LogP contribution in [0.25, 0.3) is 0 Å². The van der Waals surface area contributed by atoms with E-state index in [1.54, 1.807) is 18.5 Å². The van der Waals surface area contributed by atoms with Crippen molar-refractivity contribution >= 4 is 23.1 Å². The summed E-state index contributed by atoms with van der Waals surface area (Å²) in [4.78, 5) is 19.4. The van der Waals surface area contributed by atoms with Gasteiger partial charge in [0.05, 0.1) is 5.54 Å². The number of pyridine rings is 1. The lowest BCUT2D eigenvalue weighted by atomic mass is 10.1. The van der Waals surface area contributed by atoms with Crippen molar-refractivity contribution < 1.29 is 9.90 Å². The molecule has 5 nitrogen and oxygen atoms in total. The minimum atomic E-state index is -1.000. The number of aromatic carboxylic acids is 1. The Labute approximate surface area is 109 Å². The Morgan fingerprint density at radius 2 is 2.17 bits per heavy atom. The molecule has 0 bridgehead atoms. The number of carbonyl (C=O) groups is 1. The molecule has 2 aromatic heterocycles. The van der Waals surface area contributed by atoms with Crippen LogP contribution in [0.4, 0.5) is 5.82 Å². The molecule has 0 fully saturated rings. The van der Waals surface area contributed by atoms with Crippen LogP contribution in [0.5, 0.6) is 0 Å². The van der Waals surface area contributed by atoms with Crippen molar-refractivity contribution in [3.63, 3.8) is 0 Å². The molecule has 0 spiro atoms. The van der Waals surface area contributed by atoms with E-state index in [-0.39, 0.29) is 5.56 Å². The normalized spacial score (nSPS) is 11.2. The first-order valence-corrected chi connectivity index (χ1v) is 6.25. The predicted molar refractivity (Wildman–Crippen MR) is 70.0 cm³/mol. The fourth-order valence-electron chi connectivity index (χ4n) is 1.56. The first-order chi connectivity index (χ1) is 8.50. The number of carboxylic acids is 1. The van der Waals surface area contributed by atoms with Crippen LogP contribution < -0.4 is 5.32 Å². The van der Waals surface area contributed by atoms with Crippen LogP contribution in [0.1, 0.15) is 29.2 Å². The van der Waals surface area contributed by atoms with Crippen molar-refractivity contribution in [1.29, 1.82) is 0 Å². The maximum atomic E-state index is 11.1. The van der Waals surface area contributed by atoms with E-state index in [9.17, 15) is 4.79 Å². The van der Waals surface area contributed by atoms with Gasteiger partial charge in [0.2, 0.25) is 0 Å². The van der Waals surface area contributed by atoms with E-state index in [2.05, 4.69) is 15.3 Å². The SMILES string of the molecule is CC(C)(Nc1ncccc1C(=O)O)c1nccs1. The third-order valence-corrected chi connectivity index (χ3v) is 3.53. The highest BCUT2D eigenvalue weighted by molar-refractivity contribution is 7.09. The number of carboxylic acid groups (broad SMARTS) is 1. The molecule has 0 aliphatic heterocycles. The lowest BCUT2D eigenvalue weighted by Crippen LogP contribution is -2.29. The highest BCUT2D eigenvalue weighted by Gasteiger charge is 2.25. The van der Waals surface area contributed by atoms with Crippen LogP contribution in [0.15, 0.2) is 29.9 Å². The zero-order valence-corrected chi connectivity index (χ0v) is 10.9. The van der Waals surface area contributed by atoms with Gasteiger partial charge in [-0.15, -0.1) is 11.3 Å². The van der Waals surface area contributed by atoms with Crippen LogP contribution in [-0.4, -0.2) is 21.0 Å². The molecule has 0 radical (unpaired) electrons. The highest BCUT2D eigenvalue weighted by atomic mass is 32.1. The largest absolute Gasteiger partial charge is 0.478 e. The van der Waals surface area contributed by atoms with Gasteiger partial charge >= 0.3 is 5.97 Å². The van der Waals surface area contributed by atoms with Crippen LogP contribution in [0, 0.1) is 0 Å². The van der Waals surface area contributed by atoms with Crippen molar-refractivity contribution in [2.75, 3.05) is 5.32 Å². The van der Waals surface area contributed by atoms with Crippen LogP contribution >= 0.6 is 11.3 Å². The van der Waals surface area contributed by atoms with E-state index < -0.39 is 11.5 Å². The number of nitrogens with one attached hydrogen (secondary N) is 1. The molecule has 0 saturated carbocycles. The van der Waals surface area contributed by atoms with Gasteiger partial charge < -0.3 is 10.4 Å². The fraction of sp³-hybridized carbons (Fsp3) is 0.250. The highest BCUT2D eigenvalue weighted by Crippen LogP contribution is 2.27. The number of anilines is 1. The number of hydrogen-bond donors (Lipinski definition) is 2. The van der Waals surface area contributed by atoms with Crippen molar-refractivity contribution in [2.45, 2.75) is 19.4 Å². The van der Waals surface area contributed by atoms with Gasteiger partial charge in [0.25, 0.3) is 0 Å². The molecule has 0 unspecified atom stereocenters. The summed E-state index contributed by atoms with van der Waals surface area (Å²) in [6.07, 6.45) is 3.28. The van der Waals surface area contributed by atoms with E-state index in [1.807, 2.05) is 19.2 Å². The van der Waals surface area contributed by atoms with Gasteiger partial charge in [-0.25, -0.2) is 14.8 Å². The third-order valence-electron chi connectivity index (χ3n) is 2.44. The van der Waals surface area contributed by atoms with Gasteiger partial charge in [0.15, 0.2) is 0 Å². The number of thiazole rings is 1. The molecule has 6 heteroatoms. The number of hydrogen-bond acceptors (Lipinski definition) is 5.